The van der Waals surface area contributed by atoms with Crippen LogP contribution in [-0.2, 0) is 14.6 Å². The third-order valence-electron chi connectivity index (χ3n) is 2.77. The van der Waals surface area contributed by atoms with E-state index in [1.807, 2.05) is 0 Å². The number of hydrogen-bond donors (Lipinski definition) is 2. The van der Waals surface area contributed by atoms with Gasteiger partial charge in [0.25, 0.3) is 5.91 Å². The highest BCUT2D eigenvalue weighted by molar-refractivity contribution is 7.90. The van der Waals surface area contributed by atoms with E-state index >= 15 is 0 Å². The number of hydrogen-bond acceptors (Lipinski definition) is 4. The van der Waals surface area contributed by atoms with E-state index in [-0.39, 0.29) is 16.8 Å². The summed E-state index contributed by atoms with van der Waals surface area (Å²) in [5, 5.41) is 9.85. The van der Waals surface area contributed by atoms with Crippen LogP contribution in [0.25, 0.3) is 6.08 Å². The minimum absolute atomic E-state index is 0.0176. The van der Waals surface area contributed by atoms with Gasteiger partial charge in [0.1, 0.15) is 5.70 Å². The molecule has 0 bridgehead atoms. The lowest BCUT2D eigenvalue weighted by Crippen LogP contribution is -2.25. The van der Waals surface area contributed by atoms with Gasteiger partial charge in [0.15, 0.2) is 9.84 Å². The Morgan fingerprint density at radius 1 is 1.26 bits per heavy atom. The molecular weight excluding hydrogens is 266 g/mol. The SMILES string of the molecule is CN1C(=N)NC(=O)C1=Cc1ccc(S(C)(=O)=O)cc1. The fourth-order valence-electron chi connectivity index (χ4n) is 1.66. The smallest absolute Gasteiger partial charge is 0.274 e. The molecule has 1 saturated heterocycles. The maximum Gasteiger partial charge on any atom is 0.274 e. The van der Waals surface area contributed by atoms with Gasteiger partial charge in [-0.3, -0.25) is 15.5 Å². The zero-order valence-electron chi connectivity index (χ0n) is 10.5. The zero-order valence-corrected chi connectivity index (χ0v) is 11.3. The summed E-state index contributed by atoms with van der Waals surface area (Å²) in [4.78, 5) is 13.2. The Morgan fingerprint density at radius 2 is 1.84 bits per heavy atom. The van der Waals surface area contributed by atoms with Gasteiger partial charge >= 0.3 is 0 Å². The highest BCUT2D eigenvalue weighted by Gasteiger charge is 2.26. The first-order valence-electron chi connectivity index (χ1n) is 5.44. The predicted octanol–water partition coefficient (Wildman–Crippen LogP) is 0.427. The van der Waals surface area contributed by atoms with E-state index in [2.05, 4.69) is 5.32 Å². The van der Waals surface area contributed by atoms with Crippen LogP contribution in [0.2, 0.25) is 0 Å². The number of carbonyl (C=O) groups excluding carboxylic acids is 1. The highest BCUT2D eigenvalue weighted by atomic mass is 32.2. The molecule has 0 unspecified atom stereocenters. The van der Waals surface area contributed by atoms with Crippen LogP contribution in [-0.4, -0.2) is 38.5 Å². The van der Waals surface area contributed by atoms with E-state index in [9.17, 15) is 13.2 Å². The Hall–Kier alpha value is -2.15. The van der Waals surface area contributed by atoms with Crippen molar-refractivity contribution < 1.29 is 13.2 Å². The standard InChI is InChI=1S/C12H13N3O3S/c1-15-10(11(16)14-12(15)13)7-8-3-5-9(6-4-8)19(2,17)18/h3-7H,1-2H3,(H2,13,14,16). The number of sulfone groups is 1. The van der Waals surface area contributed by atoms with Crippen LogP contribution in [0.4, 0.5) is 0 Å². The Kier molecular flexibility index (Phi) is 3.15. The van der Waals surface area contributed by atoms with Crippen molar-refractivity contribution in [3.8, 4) is 0 Å². The van der Waals surface area contributed by atoms with Crippen LogP contribution in [0.1, 0.15) is 5.56 Å². The summed E-state index contributed by atoms with van der Waals surface area (Å²) in [6.45, 7) is 0. The molecule has 1 fully saturated rings. The number of likely N-dealkylation sites (N-methyl/N-ethyl adjacent to an activating group) is 1. The van der Waals surface area contributed by atoms with Crippen molar-refractivity contribution in [1.29, 1.82) is 5.41 Å². The topological polar surface area (TPSA) is 90.3 Å². The molecule has 1 heterocycles. The van der Waals surface area contributed by atoms with Gasteiger partial charge in [0.05, 0.1) is 4.90 Å². The molecule has 0 atom stereocenters. The molecule has 0 spiro atoms. The Morgan fingerprint density at radius 3 is 2.26 bits per heavy atom. The zero-order chi connectivity index (χ0) is 14.2. The van der Waals surface area contributed by atoms with Gasteiger partial charge in [-0.25, -0.2) is 8.42 Å². The maximum atomic E-state index is 11.6. The molecule has 0 aliphatic carbocycles. The van der Waals surface area contributed by atoms with Gasteiger partial charge in [-0.05, 0) is 23.8 Å². The number of carbonyl (C=O) groups is 1. The molecule has 0 aromatic heterocycles. The molecule has 0 radical (unpaired) electrons. The minimum Gasteiger partial charge on any atom is -0.311 e. The van der Waals surface area contributed by atoms with E-state index in [4.69, 9.17) is 5.41 Å². The molecule has 1 aliphatic rings. The third-order valence-corrected chi connectivity index (χ3v) is 3.90. The summed E-state index contributed by atoms with van der Waals surface area (Å²) in [5.74, 6) is -0.330. The highest BCUT2D eigenvalue weighted by Crippen LogP contribution is 2.16. The third kappa shape index (κ3) is 2.65. The lowest BCUT2D eigenvalue weighted by Gasteiger charge is -2.08. The van der Waals surface area contributed by atoms with Gasteiger partial charge in [-0.1, -0.05) is 12.1 Å². The molecule has 19 heavy (non-hydrogen) atoms. The Bertz CT molecular complexity index is 675. The average Bonchev–Trinajstić information content (AvgIpc) is 2.56. The molecule has 1 aromatic carbocycles. The first-order valence-corrected chi connectivity index (χ1v) is 7.33. The van der Waals surface area contributed by atoms with Crippen molar-refractivity contribution >= 4 is 27.8 Å². The molecule has 0 saturated carbocycles. The van der Waals surface area contributed by atoms with Gasteiger partial charge in [0, 0.05) is 13.3 Å². The molecule has 1 amide bonds. The fraction of sp³-hybridized carbons (Fsp3) is 0.167. The van der Waals surface area contributed by atoms with Gasteiger partial charge in [-0.2, -0.15) is 0 Å². The number of benzene rings is 1. The molecule has 2 N–H and O–H groups in total. The second kappa shape index (κ2) is 4.51. The number of guanidine groups is 1. The van der Waals surface area contributed by atoms with Crippen molar-refractivity contribution in [2.24, 2.45) is 0 Å². The quantitative estimate of drug-likeness (QED) is 0.768. The minimum atomic E-state index is -3.22. The molecule has 1 aromatic rings. The van der Waals surface area contributed by atoms with Crippen LogP contribution in [0.3, 0.4) is 0 Å². The summed E-state index contributed by atoms with van der Waals surface area (Å²) in [6, 6.07) is 6.21. The lowest BCUT2D eigenvalue weighted by atomic mass is 10.2. The summed E-state index contributed by atoms with van der Waals surface area (Å²) in [5.41, 5.74) is 1.04. The van der Waals surface area contributed by atoms with E-state index in [1.54, 1.807) is 25.3 Å². The van der Waals surface area contributed by atoms with Gasteiger partial charge in [0.2, 0.25) is 5.96 Å². The van der Waals surface area contributed by atoms with Crippen LogP contribution < -0.4 is 5.32 Å². The van der Waals surface area contributed by atoms with Crippen molar-refractivity contribution in [3.05, 3.63) is 35.5 Å². The van der Waals surface area contributed by atoms with E-state index in [0.717, 1.165) is 6.26 Å². The Balaban J connectivity index is 2.34. The summed E-state index contributed by atoms with van der Waals surface area (Å²) < 4.78 is 22.6. The predicted molar refractivity (Wildman–Crippen MR) is 71.2 cm³/mol. The number of amides is 1. The fourth-order valence-corrected chi connectivity index (χ4v) is 2.29. The van der Waals surface area contributed by atoms with Crippen LogP contribution in [0.5, 0.6) is 0 Å². The molecule has 2 rings (SSSR count). The van der Waals surface area contributed by atoms with E-state index in [1.165, 1.54) is 17.0 Å². The van der Waals surface area contributed by atoms with E-state index < -0.39 is 9.84 Å². The van der Waals surface area contributed by atoms with Crippen LogP contribution in [0, 0.1) is 5.41 Å². The Labute approximate surface area is 111 Å². The van der Waals surface area contributed by atoms with Gasteiger partial charge < -0.3 is 4.90 Å². The molecule has 6 nitrogen and oxygen atoms in total. The van der Waals surface area contributed by atoms with Crippen molar-refractivity contribution in [2.45, 2.75) is 4.90 Å². The normalized spacial score (nSPS) is 18.0. The molecule has 7 heteroatoms. The maximum absolute atomic E-state index is 11.6. The first-order chi connectivity index (χ1) is 8.79. The van der Waals surface area contributed by atoms with Crippen LogP contribution in [0.15, 0.2) is 34.9 Å². The summed E-state index contributed by atoms with van der Waals surface area (Å²) >= 11 is 0. The van der Waals surface area contributed by atoms with Crippen molar-refractivity contribution in [3.63, 3.8) is 0 Å². The lowest BCUT2D eigenvalue weighted by molar-refractivity contribution is -0.115. The number of rotatable bonds is 2. The molecule has 1 aliphatic heterocycles. The summed E-state index contributed by atoms with van der Waals surface area (Å²) in [7, 11) is -1.61. The van der Waals surface area contributed by atoms with Crippen LogP contribution >= 0.6 is 0 Å². The van der Waals surface area contributed by atoms with Crippen molar-refractivity contribution in [2.75, 3.05) is 13.3 Å². The van der Waals surface area contributed by atoms with E-state index in [0.29, 0.717) is 11.3 Å². The molecule has 100 valence electrons. The largest absolute Gasteiger partial charge is 0.311 e. The monoisotopic (exact) mass is 279 g/mol. The molecular formula is C12H13N3O3S. The van der Waals surface area contributed by atoms with Crippen molar-refractivity contribution in [1.82, 2.24) is 10.2 Å². The second-order valence-electron chi connectivity index (χ2n) is 4.23. The number of nitrogens with one attached hydrogen (secondary N) is 2. The summed E-state index contributed by atoms with van der Waals surface area (Å²) in [6.07, 6.45) is 2.74. The second-order valence-corrected chi connectivity index (χ2v) is 6.25. The van der Waals surface area contributed by atoms with Gasteiger partial charge in [-0.15, -0.1) is 0 Å². The first kappa shape index (κ1) is 13.3. The average molecular weight is 279 g/mol. The number of nitrogens with zero attached hydrogens (tertiary/aromatic N) is 1.